The van der Waals surface area contributed by atoms with E-state index >= 15 is 0 Å². The number of nitrogens with zero attached hydrogens (tertiary/aromatic N) is 3. The molecule has 0 amide bonds. The highest BCUT2D eigenvalue weighted by Crippen LogP contribution is 2.33. The van der Waals surface area contributed by atoms with E-state index in [0.29, 0.717) is 12.6 Å². The van der Waals surface area contributed by atoms with Crippen LogP contribution in [0.4, 0.5) is 0 Å². The number of hydrazone groups is 1. The maximum absolute atomic E-state index is 12.1. The number of carbonyl (C=O) groups is 1. The number of rotatable bonds is 3. The second kappa shape index (κ2) is 6.26. The summed E-state index contributed by atoms with van der Waals surface area (Å²) in [5.41, 5.74) is 0. The van der Waals surface area contributed by atoms with Gasteiger partial charge in [0.25, 0.3) is 0 Å². The first kappa shape index (κ1) is 14.2. The zero-order chi connectivity index (χ0) is 13.8. The van der Waals surface area contributed by atoms with Crippen molar-refractivity contribution in [1.29, 1.82) is 0 Å². The van der Waals surface area contributed by atoms with E-state index in [1.807, 2.05) is 26.0 Å². The summed E-state index contributed by atoms with van der Waals surface area (Å²) < 4.78 is 5.23. The first-order valence-electron chi connectivity index (χ1n) is 7.31. The molecule has 0 aromatic heterocycles. The summed E-state index contributed by atoms with van der Waals surface area (Å²) in [5, 5.41) is 6.44. The van der Waals surface area contributed by atoms with E-state index in [2.05, 4.69) is 10.0 Å². The monoisotopic (exact) mass is 267 g/mol. The summed E-state index contributed by atoms with van der Waals surface area (Å²) in [7, 11) is 3.90. The quantitative estimate of drug-likeness (QED) is 0.576. The zero-order valence-electron chi connectivity index (χ0n) is 12.3. The van der Waals surface area contributed by atoms with E-state index in [1.165, 1.54) is 12.8 Å². The Morgan fingerprint density at radius 2 is 2.21 bits per heavy atom. The predicted molar refractivity (Wildman–Crippen MR) is 74.8 cm³/mol. The van der Waals surface area contributed by atoms with Gasteiger partial charge in [0.2, 0.25) is 0 Å². The number of amidine groups is 1. The molecule has 5 nitrogen and oxygen atoms in total. The molecule has 108 valence electrons. The topological polar surface area (TPSA) is 45.1 Å². The summed E-state index contributed by atoms with van der Waals surface area (Å²) >= 11 is 0. The average Bonchev–Trinajstić information content (AvgIpc) is 2.38. The van der Waals surface area contributed by atoms with Crippen molar-refractivity contribution in [2.45, 2.75) is 45.1 Å². The Morgan fingerprint density at radius 1 is 1.42 bits per heavy atom. The van der Waals surface area contributed by atoms with E-state index < -0.39 is 0 Å². The van der Waals surface area contributed by atoms with Crippen LogP contribution >= 0.6 is 0 Å². The number of fused-ring (bicyclic) bond motifs is 1. The van der Waals surface area contributed by atoms with E-state index in [9.17, 15) is 4.79 Å². The Morgan fingerprint density at radius 3 is 2.89 bits per heavy atom. The first-order valence-corrected chi connectivity index (χ1v) is 7.31. The summed E-state index contributed by atoms with van der Waals surface area (Å²) in [6, 6.07) is 0.292. The minimum atomic E-state index is -0.0247. The fraction of sp³-hybridized carbons (Fsp3) is 0.857. The second-order valence-electron chi connectivity index (χ2n) is 5.52. The SMILES string of the molecule is CCOC(=O)C1CC/C(=N/N(C)C)N2CCCCC12. The smallest absolute Gasteiger partial charge is 0.311 e. The Bertz CT molecular complexity index is 355. The lowest BCUT2D eigenvalue weighted by Crippen LogP contribution is -2.53. The van der Waals surface area contributed by atoms with Gasteiger partial charge in [-0.05, 0) is 32.6 Å². The van der Waals surface area contributed by atoms with Gasteiger partial charge in [0.1, 0.15) is 5.84 Å². The molecule has 2 heterocycles. The highest BCUT2D eigenvalue weighted by molar-refractivity contribution is 5.86. The van der Waals surface area contributed by atoms with E-state index in [0.717, 1.165) is 31.6 Å². The van der Waals surface area contributed by atoms with Gasteiger partial charge < -0.3 is 14.6 Å². The normalized spacial score (nSPS) is 29.0. The summed E-state index contributed by atoms with van der Waals surface area (Å²) in [6.45, 7) is 3.37. The van der Waals surface area contributed by atoms with Crippen LogP contribution in [0.25, 0.3) is 0 Å². The van der Waals surface area contributed by atoms with Crippen molar-refractivity contribution in [1.82, 2.24) is 9.91 Å². The average molecular weight is 267 g/mol. The number of hydrogen-bond donors (Lipinski definition) is 0. The molecule has 2 aliphatic heterocycles. The Balaban J connectivity index is 2.14. The van der Waals surface area contributed by atoms with Crippen LogP contribution < -0.4 is 0 Å². The summed E-state index contributed by atoms with van der Waals surface area (Å²) in [4.78, 5) is 14.4. The Labute approximate surface area is 115 Å². The van der Waals surface area contributed by atoms with Crippen LogP contribution in [-0.4, -0.2) is 55.0 Å². The highest BCUT2D eigenvalue weighted by Gasteiger charge is 2.40. The molecule has 0 aliphatic carbocycles. The number of esters is 1. The Kier molecular flexibility index (Phi) is 4.66. The van der Waals surface area contributed by atoms with Crippen LogP contribution in [0.3, 0.4) is 0 Å². The molecule has 5 heteroatoms. The molecule has 2 saturated heterocycles. The largest absolute Gasteiger partial charge is 0.466 e. The van der Waals surface area contributed by atoms with Gasteiger partial charge in [0.15, 0.2) is 0 Å². The van der Waals surface area contributed by atoms with Crippen molar-refractivity contribution < 1.29 is 9.53 Å². The molecule has 0 radical (unpaired) electrons. The van der Waals surface area contributed by atoms with Gasteiger partial charge in [-0.15, -0.1) is 0 Å². The molecule has 0 aromatic carbocycles. The van der Waals surface area contributed by atoms with Crippen molar-refractivity contribution in [2.75, 3.05) is 27.2 Å². The third kappa shape index (κ3) is 3.19. The second-order valence-corrected chi connectivity index (χ2v) is 5.52. The molecule has 0 spiro atoms. The van der Waals surface area contributed by atoms with Crippen LogP contribution in [0.15, 0.2) is 5.10 Å². The zero-order valence-corrected chi connectivity index (χ0v) is 12.3. The van der Waals surface area contributed by atoms with Gasteiger partial charge in [-0.2, -0.15) is 5.10 Å². The van der Waals surface area contributed by atoms with E-state index in [4.69, 9.17) is 4.74 Å². The number of piperidine rings is 2. The van der Waals surface area contributed by atoms with Gasteiger partial charge in [-0.3, -0.25) is 4.79 Å². The standard InChI is InChI=1S/C14H25N3O2/c1-4-19-14(18)11-8-9-13(15-16(2)3)17-10-6-5-7-12(11)17/h11-12H,4-10H2,1-3H3/b15-13-. The third-order valence-electron chi connectivity index (χ3n) is 3.93. The van der Waals surface area contributed by atoms with Crippen molar-refractivity contribution >= 4 is 11.8 Å². The fourth-order valence-corrected chi connectivity index (χ4v) is 3.18. The molecule has 2 aliphatic rings. The summed E-state index contributed by atoms with van der Waals surface area (Å²) in [5.74, 6) is 1.14. The molecular formula is C14H25N3O2. The van der Waals surface area contributed by atoms with Crippen molar-refractivity contribution in [2.24, 2.45) is 11.0 Å². The van der Waals surface area contributed by atoms with E-state index in [1.54, 1.807) is 0 Å². The van der Waals surface area contributed by atoms with Crippen LogP contribution in [0.2, 0.25) is 0 Å². The Hall–Kier alpha value is -1.26. The number of hydrogen-bond acceptors (Lipinski definition) is 4. The summed E-state index contributed by atoms with van der Waals surface area (Å²) in [6.07, 6.45) is 5.21. The van der Waals surface area contributed by atoms with Crippen LogP contribution in [0.5, 0.6) is 0 Å². The molecular weight excluding hydrogens is 242 g/mol. The molecule has 2 atom stereocenters. The molecule has 2 rings (SSSR count). The number of carbonyl (C=O) groups excluding carboxylic acids is 1. The van der Waals surface area contributed by atoms with Crippen LogP contribution in [-0.2, 0) is 9.53 Å². The van der Waals surface area contributed by atoms with Crippen molar-refractivity contribution in [3.05, 3.63) is 0 Å². The van der Waals surface area contributed by atoms with Gasteiger partial charge >= 0.3 is 5.97 Å². The lowest BCUT2D eigenvalue weighted by Gasteiger charge is -2.45. The molecule has 0 aromatic rings. The predicted octanol–water partition coefficient (Wildman–Crippen LogP) is 1.69. The minimum Gasteiger partial charge on any atom is -0.466 e. The molecule has 2 fully saturated rings. The number of ether oxygens (including phenoxy) is 1. The minimum absolute atomic E-state index is 0.0247. The molecule has 2 unspecified atom stereocenters. The van der Waals surface area contributed by atoms with Crippen LogP contribution in [0, 0.1) is 5.92 Å². The van der Waals surface area contributed by atoms with Crippen molar-refractivity contribution in [3.63, 3.8) is 0 Å². The van der Waals surface area contributed by atoms with Gasteiger partial charge in [-0.25, -0.2) is 0 Å². The maximum atomic E-state index is 12.1. The molecule has 0 saturated carbocycles. The third-order valence-corrected chi connectivity index (χ3v) is 3.93. The first-order chi connectivity index (χ1) is 9.13. The molecule has 0 N–H and O–H groups in total. The lowest BCUT2D eigenvalue weighted by molar-refractivity contribution is -0.151. The van der Waals surface area contributed by atoms with Gasteiger partial charge in [-0.1, -0.05) is 0 Å². The van der Waals surface area contributed by atoms with Crippen LogP contribution in [0.1, 0.15) is 39.0 Å². The van der Waals surface area contributed by atoms with Crippen molar-refractivity contribution in [3.8, 4) is 0 Å². The fourth-order valence-electron chi connectivity index (χ4n) is 3.18. The maximum Gasteiger partial charge on any atom is 0.311 e. The molecule has 19 heavy (non-hydrogen) atoms. The highest BCUT2D eigenvalue weighted by atomic mass is 16.5. The van der Waals surface area contributed by atoms with E-state index in [-0.39, 0.29) is 11.9 Å². The lowest BCUT2D eigenvalue weighted by atomic mass is 9.83. The van der Waals surface area contributed by atoms with Gasteiger partial charge in [0.05, 0.1) is 12.5 Å². The molecule has 0 bridgehead atoms. The van der Waals surface area contributed by atoms with Gasteiger partial charge in [0, 0.05) is 33.1 Å².